The number of hydrogen-bond donors (Lipinski definition) is 1. The Bertz CT molecular complexity index is 929. The van der Waals surface area contributed by atoms with Crippen molar-refractivity contribution in [2.24, 2.45) is 5.16 Å². The molecule has 136 valence electrons. The minimum absolute atomic E-state index is 0.240. The van der Waals surface area contributed by atoms with Crippen LogP contribution in [0.25, 0.3) is 0 Å². The van der Waals surface area contributed by atoms with Crippen LogP contribution in [0.1, 0.15) is 16.1 Å². The molecule has 7 nitrogen and oxygen atoms in total. The lowest BCUT2D eigenvalue weighted by Crippen LogP contribution is -2.43. The number of pyridine rings is 2. The predicted molar refractivity (Wildman–Crippen MR) is 95.1 cm³/mol. The molecule has 0 spiro atoms. The summed E-state index contributed by atoms with van der Waals surface area (Å²) in [6.07, 6.45) is 6.61. The van der Waals surface area contributed by atoms with Crippen LogP contribution in [-0.2, 0) is 18.2 Å². The zero-order chi connectivity index (χ0) is 18.9. The summed E-state index contributed by atoms with van der Waals surface area (Å²) in [5.74, 6) is 0.0575. The van der Waals surface area contributed by atoms with Crippen molar-refractivity contribution in [2.75, 3.05) is 0 Å². The molecule has 0 saturated carbocycles. The van der Waals surface area contributed by atoms with Gasteiger partial charge in [-0.1, -0.05) is 23.4 Å². The number of esters is 1. The van der Waals surface area contributed by atoms with Gasteiger partial charge in [0.15, 0.2) is 18.6 Å². The van der Waals surface area contributed by atoms with E-state index in [-0.39, 0.29) is 13.5 Å². The number of benzene rings is 1. The van der Waals surface area contributed by atoms with Crippen LogP contribution in [0.2, 0.25) is 0 Å². The summed E-state index contributed by atoms with van der Waals surface area (Å²) in [6, 6.07) is 17.8. The molecule has 1 aromatic carbocycles. The van der Waals surface area contributed by atoms with Gasteiger partial charge in [-0.3, -0.25) is 4.74 Å². The van der Waals surface area contributed by atoms with Crippen LogP contribution >= 0.6 is 0 Å². The molecular formula is C20H19N3O4+2. The normalized spacial score (nSPS) is 10.8. The molecule has 1 N–H and O–H groups in total. The second-order valence-electron chi connectivity index (χ2n) is 5.61. The molecule has 2 aromatic heterocycles. The first kappa shape index (κ1) is 18.2. The van der Waals surface area contributed by atoms with Gasteiger partial charge in [0, 0.05) is 18.2 Å². The molecule has 27 heavy (non-hydrogen) atoms. The third-order valence-electron chi connectivity index (χ3n) is 3.68. The van der Waals surface area contributed by atoms with E-state index in [0.717, 1.165) is 0 Å². The van der Waals surface area contributed by atoms with Gasteiger partial charge in [0.2, 0.25) is 5.69 Å². The van der Waals surface area contributed by atoms with E-state index < -0.39 is 5.97 Å². The molecule has 0 aliphatic carbocycles. The molecule has 0 radical (unpaired) electrons. The highest BCUT2D eigenvalue weighted by Crippen LogP contribution is 2.10. The van der Waals surface area contributed by atoms with Gasteiger partial charge < -0.3 is 9.94 Å². The van der Waals surface area contributed by atoms with Crippen molar-refractivity contribution < 1.29 is 28.6 Å². The molecule has 0 fully saturated rings. The molecular weight excluding hydrogens is 346 g/mol. The summed E-state index contributed by atoms with van der Waals surface area (Å²) < 4.78 is 14.5. The monoisotopic (exact) mass is 365 g/mol. The first-order valence-electron chi connectivity index (χ1n) is 8.26. The predicted octanol–water partition coefficient (Wildman–Crippen LogP) is 1.92. The molecule has 0 aliphatic rings. The van der Waals surface area contributed by atoms with E-state index in [1.165, 1.54) is 6.21 Å². The number of para-hydroxylation sites is 1. The quantitative estimate of drug-likeness (QED) is 0.173. The molecule has 3 rings (SSSR count). The van der Waals surface area contributed by atoms with Gasteiger partial charge in [-0.25, -0.2) is 4.79 Å². The highest BCUT2D eigenvalue weighted by molar-refractivity contribution is 5.90. The molecule has 7 heteroatoms. The Kier molecular flexibility index (Phi) is 6.21. The number of nitrogens with zero attached hydrogens (tertiary/aromatic N) is 3. The smallest absolute Gasteiger partial charge is 0.349 e. The fourth-order valence-corrected chi connectivity index (χ4v) is 2.41. The molecule has 0 bridgehead atoms. The Morgan fingerprint density at radius 1 is 1.00 bits per heavy atom. The number of rotatable bonds is 7. The van der Waals surface area contributed by atoms with Crippen LogP contribution < -0.4 is 13.9 Å². The van der Waals surface area contributed by atoms with Gasteiger partial charge in [0.1, 0.15) is 17.5 Å². The number of carbonyl (C=O) groups excluding carboxylic acids is 1. The van der Waals surface area contributed by atoms with Gasteiger partial charge in [-0.05, 0) is 24.3 Å². The summed E-state index contributed by atoms with van der Waals surface area (Å²) in [4.78, 5) is 12.3. The third kappa shape index (κ3) is 5.20. The van der Waals surface area contributed by atoms with Gasteiger partial charge in [-0.15, -0.1) is 0 Å². The van der Waals surface area contributed by atoms with E-state index in [0.29, 0.717) is 17.0 Å². The minimum atomic E-state index is -0.436. The maximum atomic E-state index is 12.3. The van der Waals surface area contributed by atoms with Crippen LogP contribution in [0.3, 0.4) is 0 Å². The summed E-state index contributed by atoms with van der Waals surface area (Å²) >= 11 is 0. The standard InChI is InChI=1S/C20H18N3O4/c24-20(27-19-9-2-1-3-10-19)17-7-6-11-22(14-17)15-26-16-23-12-5-4-8-18(23)13-21-25/h1-14H,15-16H2/q+1/p+1. The summed E-state index contributed by atoms with van der Waals surface area (Å²) in [5, 5.41) is 11.7. The van der Waals surface area contributed by atoms with Crippen molar-refractivity contribution in [1.29, 1.82) is 0 Å². The van der Waals surface area contributed by atoms with Crippen LogP contribution in [0.5, 0.6) is 5.75 Å². The molecule has 0 amide bonds. The maximum Gasteiger partial charge on any atom is 0.349 e. The molecule has 0 atom stereocenters. The fraction of sp³-hybridized carbons (Fsp3) is 0.100. The van der Waals surface area contributed by atoms with Crippen molar-refractivity contribution in [2.45, 2.75) is 13.5 Å². The van der Waals surface area contributed by atoms with Crippen molar-refractivity contribution in [1.82, 2.24) is 0 Å². The highest BCUT2D eigenvalue weighted by Gasteiger charge is 2.14. The first-order valence-corrected chi connectivity index (χ1v) is 8.26. The largest absolute Gasteiger partial charge is 0.423 e. The third-order valence-corrected chi connectivity index (χ3v) is 3.68. The second kappa shape index (κ2) is 9.21. The molecule has 0 aliphatic heterocycles. The van der Waals surface area contributed by atoms with Crippen molar-refractivity contribution in [3.63, 3.8) is 0 Å². The van der Waals surface area contributed by atoms with E-state index in [4.69, 9.17) is 14.7 Å². The molecule has 3 aromatic rings. The number of ether oxygens (including phenoxy) is 2. The Morgan fingerprint density at radius 2 is 1.81 bits per heavy atom. The SMILES string of the molecule is O=C(Oc1ccccc1)c1ccc[n+](COC[n+]2ccccc2C=NO)c1. The van der Waals surface area contributed by atoms with E-state index in [1.54, 1.807) is 64.0 Å². The second-order valence-corrected chi connectivity index (χ2v) is 5.61. The van der Waals surface area contributed by atoms with Crippen LogP contribution in [0.4, 0.5) is 0 Å². The maximum absolute atomic E-state index is 12.3. The molecule has 0 saturated heterocycles. The molecule has 0 unspecified atom stereocenters. The Hall–Kier alpha value is -3.58. The van der Waals surface area contributed by atoms with Crippen LogP contribution in [-0.4, -0.2) is 17.4 Å². The molecule has 2 heterocycles. The summed E-state index contributed by atoms with van der Waals surface area (Å²) in [7, 11) is 0. The van der Waals surface area contributed by atoms with E-state index >= 15 is 0 Å². The first-order chi connectivity index (χ1) is 13.3. The van der Waals surface area contributed by atoms with Gasteiger partial charge in [-0.2, -0.15) is 9.13 Å². The Morgan fingerprint density at radius 3 is 2.63 bits per heavy atom. The highest BCUT2D eigenvalue weighted by atomic mass is 16.5. The average molecular weight is 365 g/mol. The number of carbonyl (C=O) groups is 1. The van der Waals surface area contributed by atoms with Crippen molar-refractivity contribution >= 4 is 12.2 Å². The zero-order valence-electron chi connectivity index (χ0n) is 14.5. The zero-order valence-corrected chi connectivity index (χ0v) is 14.5. The minimum Gasteiger partial charge on any atom is -0.423 e. The van der Waals surface area contributed by atoms with E-state index in [2.05, 4.69) is 5.16 Å². The topological polar surface area (TPSA) is 75.9 Å². The lowest BCUT2D eigenvalue weighted by atomic mass is 10.3. The van der Waals surface area contributed by atoms with Gasteiger partial charge in [0.05, 0.1) is 0 Å². The van der Waals surface area contributed by atoms with Crippen molar-refractivity contribution in [3.05, 3.63) is 90.5 Å². The van der Waals surface area contributed by atoms with Crippen molar-refractivity contribution in [3.8, 4) is 5.75 Å². The van der Waals surface area contributed by atoms with Crippen LogP contribution in [0.15, 0.2) is 84.4 Å². The lowest BCUT2D eigenvalue weighted by molar-refractivity contribution is -0.788. The van der Waals surface area contributed by atoms with E-state index in [9.17, 15) is 4.79 Å². The Labute approximate surface area is 156 Å². The number of hydrogen-bond acceptors (Lipinski definition) is 5. The Balaban J connectivity index is 1.60. The summed E-state index contributed by atoms with van der Waals surface area (Å²) in [6.45, 7) is 0.498. The number of oxime groups is 1. The van der Waals surface area contributed by atoms with Gasteiger partial charge >= 0.3 is 5.97 Å². The lowest BCUT2D eigenvalue weighted by Gasteiger charge is -2.04. The van der Waals surface area contributed by atoms with Gasteiger partial charge in [0.25, 0.3) is 13.5 Å². The van der Waals surface area contributed by atoms with Crippen LogP contribution in [0, 0.1) is 0 Å². The summed E-state index contributed by atoms with van der Waals surface area (Å²) in [5.41, 5.74) is 1.12. The fourth-order valence-electron chi connectivity index (χ4n) is 2.41. The average Bonchev–Trinajstić information content (AvgIpc) is 2.70. The number of aromatic nitrogens is 2. The van der Waals surface area contributed by atoms with E-state index in [1.807, 2.05) is 24.4 Å².